The molecule has 2 aliphatic rings. The van der Waals surface area contributed by atoms with Crippen molar-refractivity contribution in [1.82, 2.24) is 4.90 Å². The van der Waals surface area contributed by atoms with Crippen molar-refractivity contribution in [2.24, 2.45) is 5.73 Å². The lowest BCUT2D eigenvalue weighted by molar-refractivity contribution is -0.141. The quantitative estimate of drug-likeness (QED) is 0.514. The predicted octanol–water partition coefficient (Wildman–Crippen LogP) is 0.795. The van der Waals surface area contributed by atoms with E-state index < -0.39 is 6.04 Å². The summed E-state index contributed by atoms with van der Waals surface area (Å²) in [4.78, 5) is 24.8. The van der Waals surface area contributed by atoms with Crippen LogP contribution in [0.2, 0.25) is 0 Å². The van der Waals surface area contributed by atoms with E-state index in [1.165, 1.54) is 17.7 Å². The SMILES string of the molecule is N[C@H]1CC(=O)N(C2CCCCCC2)C1=O. The topological polar surface area (TPSA) is 63.4 Å². The maximum absolute atomic E-state index is 11.7. The highest BCUT2D eigenvalue weighted by atomic mass is 16.2. The maximum atomic E-state index is 11.7. The largest absolute Gasteiger partial charge is 0.319 e. The molecule has 2 rings (SSSR count). The minimum Gasteiger partial charge on any atom is -0.319 e. The molecule has 0 aromatic carbocycles. The molecule has 1 heterocycles. The van der Waals surface area contributed by atoms with Gasteiger partial charge < -0.3 is 5.73 Å². The molecule has 84 valence electrons. The molecular formula is C11H18N2O2. The number of rotatable bonds is 1. The molecule has 0 aromatic rings. The van der Waals surface area contributed by atoms with E-state index in [0.29, 0.717) is 0 Å². The Bertz CT molecular complexity index is 270. The van der Waals surface area contributed by atoms with Gasteiger partial charge >= 0.3 is 0 Å². The monoisotopic (exact) mass is 210 g/mol. The molecule has 15 heavy (non-hydrogen) atoms. The highest BCUT2D eigenvalue weighted by Gasteiger charge is 2.40. The molecule has 4 nitrogen and oxygen atoms in total. The van der Waals surface area contributed by atoms with Crippen LogP contribution < -0.4 is 5.73 Å². The van der Waals surface area contributed by atoms with E-state index in [2.05, 4.69) is 0 Å². The van der Waals surface area contributed by atoms with Gasteiger partial charge in [0.25, 0.3) is 0 Å². The minimum absolute atomic E-state index is 0.0700. The molecule has 0 aromatic heterocycles. The molecule has 0 radical (unpaired) electrons. The summed E-state index contributed by atoms with van der Waals surface area (Å²) in [6.07, 6.45) is 6.81. The Morgan fingerprint density at radius 1 is 1.07 bits per heavy atom. The van der Waals surface area contributed by atoms with Crippen molar-refractivity contribution < 1.29 is 9.59 Å². The summed E-state index contributed by atoms with van der Waals surface area (Å²) in [6, 6.07) is -0.457. The first-order valence-electron chi connectivity index (χ1n) is 5.81. The van der Waals surface area contributed by atoms with Gasteiger partial charge in [0.2, 0.25) is 11.8 Å². The summed E-state index contributed by atoms with van der Waals surface area (Å²) in [5.41, 5.74) is 5.59. The van der Waals surface area contributed by atoms with Crippen molar-refractivity contribution in [3.63, 3.8) is 0 Å². The second-order valence-electron chi connectivity index (χ2n) is 4.56. The van der Waals surface area contributed by atoms with Crippen LogP contribution in [-0.2, 0) is 9.59 Å². The Balaban J connectivity index is 2.07. The standard InChI is InChI=1S/C11H18N2O2/c12-9-7-10(14)13(11(9)15)8-5-3-1-2-4-6-8/h8-9H,1-7,12H2/t9-/m0/s1. The number of likely N-dealkylation sites (tertiary alicyclic amines) is 1. The number of nitrogens with two attached hydrogens (primary N) is 1. The Kier molecular flexibility index (Phi) is 3.05. The smallest absolute Gasteiger partial charge is 0.246 e. The lowest BCUT2D eigenvalue weighted by atomic mass is 10.1. The van der Waals surface area contributed by atoms with Crippen LogP contribution in [0.15, 0.2) is 0 Å². The van der Waals surface area contributed by atoms with Gasteiger partial charge in [0.05, 0.1) is 12.5 Å². The zero-order valence-corrected chi connectivity index (χ0v) is 8.95. The van der Waals surface area contributed by atoms with Crippen LogP contribution in [0.25, 0.3) is 0 Å². The molecule has 2 fully saturated rings. The van der Waals surface area contributed by atoms with Gasteiger partial charge in [-0.15, -0.1) is 0 Å². The van der Waals surface area contributed by atoms with Crippen molar-refractivity contribution in [1.29, 1.82) is 0 Å². The lowest BCUT2D eigenvalue weighted by Crippen LogP contribution is -2.42. The third kappa shape index (κ3) is 2.04. The fraction of sp³-hybridized carbons (Fsp3) is 0.818. The molecule has 2 amide bonds. The summed E-state index contributed by atoms with van der Waals surface area (Å²) in [5.74, 6) is -0.230. The zero-order chi connectivity index (χ0) is 10.8. The number of carbonyl (C=O) groups is 2. The number of hydrogen-bond acceptors (Lipinski definition) is 3. The van der Waals surface area contributed by atoms with Gasteiger partial charge in [0, 0.05) is 6.04 Å². The fourth-order valence-electron chi connectivity index (χ4n) is 2.57. The average Bonchev–Trinajstić information content (AvgIpc) is 2.46. The first-order valence-corrected chi connectivity index (χ1v) is 5.81. The molecular weight excluding hydrogens is 192 g/mol. The van der Waals surface area contributed by atoms with E-state index in [4.69, 9.17) is 5.73 Å². The Morgan fingerprint density at radius 3 is 2.13 bits per heavy atom. The van der Waals surface area contributed by atoms with E-state index in [-0.39, 0.29) is 24.3 Å². The molecule has 2 N–H and O–H groups in total. The zero-order valence-electron chi connectivity index (χ0n) is 8.95. The molecule has 0 bridgehead atoms. The third-order valence-corrected chi connectivity index (χ3v) is 3.41. The van der Waals surface area contributed by atoms with Gasteiger partial charge in [0.15, 0.2) is 0 Å². The van der Waals surface area contributed by atoms with E-state index in [1.54, 1.807) is 0 Å². The Morgan fingerprint density at radius 2 is 1.67 bits per heavy atom. The lowest BCUT2D eigenvalue weighted by Gasteiger charge is -2.24. The van der Waals surface area contributed by atoms with Gasteiger partial charge in [-0.3, -0.25) is 14.5 Å². The van der Waals surface area contributed by atoms with E-state index in [1.807, 2.05) is 0 Å². The summed E-state index contributed by atoms with van der Waals surface area (Å²) in [7, 11) is 0. The normalized spacial score (nSPS) is 29.7. The number of amides is 2. The highest BCUT2D eigenvalue weighted by Crippen LogP contribution is 2.25. The highest BCUT2D eigenvalue weighted by molar-refractivity contribution is 6.05. The Labute approximate surface area is 89.8 Å². The van der Waals surface area contributed by atoms with Crippen LogP contribution in [0.1, 0.15) is 44.9 Å². The molecule has 1 saturated carbocycles. The molecule has 1 atom stereocenters. The van der Waals surface area contributed by atoms with E-state index >= 15 is 0 Å². The number of imide groups is 1. The van der Waals surface area contributed by atoms with Crippen molar-refractivity contribution in [3.8, 4) is 0 Å². The van der Waals surface area contributed by atoms with Gasteiger partial charge in [-0.05, 0) is 12.8 Å². The van der Waals surface area contributed by atoms with E-state index in [0.717, 1.165) is 25.7 Å². The maximum Gasteiger partial charge on any atom is 0.246 e. The average molecular weight is 210 g/mol. The van der Waals surface area contributed by atoms with Crippen LogP contribution in [0.5, 0.6) is 0 Å². The van der Waals surface area contributed by atoms with Gasteiger partial charge in [-0.2, -0.15) is 0 Å². The van der Waals surface area contributed by atoms with Crippen LogP contribution in [0.4, 0.5) is 0 Å². The second kappa shape index (κ2) is 4.31. The van der Waals surface area contributed by atoms with E-state index in [9.17, 15) is 9.59 Å². The number of nitrogens with zero attached hydrogens (tertiary/aromatic N) is 1. The van der Waals surface area contributed by atoms with Crippen molar-refractivity contribution in [2.75, 3.05) is 0 Å². The molecule has 0 unspecified atom stereocenters. The van der Waals surface area contributed by atoms with Crippen molar-refractivity contribution >= 4 is 11.8 Å². The summed E-state index contributed by atoms with van der Waals surface area (Å²) < 4.78 is 0. The van der Waals surface area contributed by atoms with Crippen LogP contribution in [-0.4, -0.2) is 28.8 Å². The predicted molar refractivity (Wildman–Crippen MR) is 55.9 cm³/mol. The number of carbonyl (C=O) groups excluding carboxylic acids is 2. The molecule has 1 saturated heterocycles. The first-order chi connectivity index (χ1) is 7.20. The summed E-state index contributed by atoms with van der Waals surface area (Å²) >= 11 is 0. The number of hydrogen-bond donors (Lipinski definition) is 1. The minimum atomic E-state index is -0.583. The summed E-state index contributed by atoms with van der Waals surface area (Å²) in [5, 5.41) is 0. The van der Waals surface area contributed by atoms with Crippen molar-refractivity contribution in [2.45, 2.75) is 57.0 Å². The Hall–Kier alpha value is -0.900. The molecule has 1 aliphatic carbocycles. The summed E-state index contributed by atoms with van der Waals surface area (Å²) in [6.45, 7) is 0. The van der Waals surface area contributed by atoms with Gasteiger partial charge in [0.1, 0.15) is 0 Å². The van der Waals surface area contributed by atoms with Crippen molar-refractivity contribution in [3.05, 3.63) is 0 Å². The van der Waals surface area contributed by atoms with Crippen LogP contribution in [0, 0.1) is 0 Å². The van der Waals surface area contributed by atoms with Crippen LogP contribution in [0.3, 0.4) is 0 Å². The fourth-order valence-corrected chi connectivity index (χ4v) is 2.57. The second-order valence-corrected chi connectivity index (χ2v) is 4.56. The third-order valence-electron chi connectivity index (χ3n) is 3.41. The first kappa shape index (κ1) is 10.6. The molecule has 1 aliphatic heterocycles. The van der Waals surface area contributed by atoms with Gasteiger partial charge in [-0.25, -0.2) is 0 Å². The molecule has 0 spiro atoms. The van der Waals surface area contributed by atoms with Crippen LogP contribution >= 0.6 is 0 Å². The molecule has 4 heteroatoms. The van der Waals surface area contributed by atoms with Gasteiger partial charge in [-0.1, -0.05) is 25.7 Å².